The Balaban J connectivity index is 1.61. The van der Waals surface area contributed by atoms with Gasteiger partial charge in [-0.3, -0.25) is 14.4 Å². The number of carbonyl (C=O) groups is 5. The van der Waals surface area contributed by atoms with Crippen LogP contribution < -0.4 is 21.7 Å². The Morgan fingerprint density at radius 1 is 0.900 bits per heavy atom. The van der Waals surface area contributed by atoms with Crippen LogP contribution in [0.25, 0.3) is 11.1 Å². The first-order chi connectivity index (χ1) is 19.0. The highest BCUT2D eigenvalue weighted by molar-refractivity contribution is 5.93. The van der Waals surface area contributed by atoms with Crippen LogP contribution in [0, 0.1) is 5.92 Å². The monoisotopic (exact) mass is 552 g/mol. The van der Waals surface area contributed by atoms with Crippen LogP contribution in [-0.2, 0) is 23.9 Å². The first kappa shape index (κ1) is 30.1. The van der Waals surface area contributed by atoms with E-state index in [-0.39, 0.29) is 31.3 Å². The minimum absolute atomic E-state index is 0.0788. The summed E-state index contributed by atoms with van der Waals surface area (Å²) in [4.78, 5) is 60.9. The highest BCUT2D eigenvalue weighted by atomic mass is 16.5. The predicted octanol–water partition coefficient (Wildman–Crippen LogP) is 2.28. The normalized spacial score (nSPS) is 15.0. The Hall–Kier alpha value is -4.41. The third-order valence-electron chi connectivity index (χ3n) is 7.16. The van der Waals surface area contributed by atoms with E-state index in [9.17, 15) is 29.1 Å². The van der Waals surface area contributed by atoms with Crippen LogP contribution in [0.15, 0.2) is 48.5 Å². The van der Waals surface area contributed by atoms with Crippen LogP contribution in [0.3, 0.4) is 0 Å². The number of carbonyl (C=O) groups excluding carboxylic acids is 4. The fraction of sp³-hybridized carbons (Fsp3) is 0.414. The number of hydrogen-bond donors (Lipinski definition) is 5. The first-order valence-corrected chi connectivity index (χ1v) is 13.3. The molecule has 4 amide bonds. The number of rotatable bonds is 13. The molecule has 0 radical (unpaired) electrons. The van der Waals surface area contributed by atoms with Crippen molar-refractivity contribution in [1.29, 1.82) is 0 Å². The molecule has 2 aromatic rings. The quantitative estimate of drug-likeness (QED) is 0.253. The van der Waals surface area contributed by atoms with Gasteiger partial charge >= 0.3 is 12.1 Å². The summed E-state index contributed by atoms with van der Waals surface area (Å²) in [6, 6.07) is 12.4. The Kier molecular flexibility index (Phi) is 10.2. The summed E-state index contributed by atoms with van der Waals surface area (Å²) in [5.74, 6) is -3.84. The lowest BCUT2D eigenvalue weighted by molar-refractivity contribution is -0.142. The number of benzene rings is 2. The summed E-state index contributed by atoms with van der Waals surface area (Å²) < 4.78 is 5.58. The van der Waals surface area contributed by atoms with Crippen LogP contribution in [-0.4, -0.2) is 59.6 Å². The predicted molar refractivity (Wildman–Crippen MR) is 147 cm³/mol. The number of nitrogens with one attached hydrogen (secondary N) is 3. The summed E-state index contributed by atoms with van der Waals surface area (Å²) in [6.07, 6.45) is -0.623. The number of nitrogens with two attached hydrogens (primary N) is 1. The molecule has 0 saturated heterocycles. The van der Waals surface area contributed by atoms with Crippen molar-refractivity contribution in [2.75, 3.05) is 6.61 Å². The maximum Gasteiger partial charge on any atom is 0.407 e. The summed E-state index contributed by atoms with van der Waals surface area (Å²) in [5, 5.41) is 16.8. The lowest BCUT2D eigenvalue weighted by Gasteiger charge is -2.26. The molecule has 3 rings (SSSR count). The number of carboxylic acid groups (broad SMARTS) is 1. The maximum atomic E-state index is 13.1. The second-order valence-corrected chi connectivity index (χ2v) is 9.97. The molecule has 2 aromatic carbocycles. The van der Waals surface area contributed by atoms with Crippen molar-refractivity contribution in [2.45, 2.75) is 64.1 Å². The van der Waals surface area contributed by atoms with Crippen molar-refractivity contribution in [3.63, 3.8) is 0 Å². The zero-order valence-electron chi connectivity index (χ0n) is 22.8. The van der Waals surface area contributed by atoms with E-state index in [1.807, 2.05) is 55.5 Å². The van der Waals surface area contributed by atoms with Crippen LogP contribution in [0.1, 0.15) is 57.1 Å². The topological polar surface area (TPSA) is 177 Å². The van der Waals surface area contributed by atoms with Crippen LogP contribution in [0.4, 0.5) is 4.79 Å². The van der Waals surface area contributed by atoms with Crippen LogP contribution in [0.5, 0.6) is 0 Å². The van der Waals surface area contributed by atoms with Gasteiger partial charge in [0.2, 0.25) is 17.7 Å². The van der Waals surface area contributed by atoms with Gasteiger partial charge < -0.3 is 31.5 Å². The van der Waals surface area contributed by atoms with Gasteiger partial charge in [-0.15, -0.1) is 0 Å². The van der Waals surface area contributed by atoms with Gasteiger partial charge in [0.1, 0.15) is 24.7 Å². The summed E-state index contributed by atoms with van der Waals surface area (Å²) >= 11 is 0. The molecule has 40 heavy (non-hydrogen) atoms. The third-order valence-corrected chi connectivity index (χ3v) is 7.16. The van der Waals surface area contributed by atoms with E-state index in [1.54, 1.807) is 6.92 Å². The molecule has 0 aromatic heterocycles. The molecule has 6 N–H and O–H groups in total. The van der Waals surface area contributed by atoms with Gasteiger partial charge in [-0.25, -0.2) is 9.59 Å². The molecule has 0 bridgehead atoms. The van der Waals surface area contributed by atoms with Crippen molar-refractivity contribution in [3.8, 4) is 11.1 Å². The standard InChI is InChI=1S/C29H36N4O7/c1-4-16(2)25(27(36)31-17(3)26(35)32-23(28(37)38)13-14-24(30)34)33-29(39)40-15-22-20-11-7-5-9-18(20)19-10-6-8-12-21(19)22/h5-12,16-17,22-23,25H,4,13-15H2,1-3H3,(H2,30,34)(H,31,36)(H,32,35)(H,33,39)(H,37,38)/t16-,17-,23-,25-/m0/s1. The second kappa shape index (κ2) is 13.6. The molecule has 0 unspecified atom stereocenters. The number of fused-ring (bicyclic) bond motifs is 3. The Morgan fingerprint density at radius 2 is 1.48 bits per heavy atom. The minimum Gasteiger partial charge on any atom is -0.480 e. The Morgan fingerprint density at radius 3 is 2.00 bits per heavy atom. The average Bonchev–Trinajstić information content (AvgIpc) is 3.25. The van der Waals surface area contributed by atoms with Gasteiger partial charge in [0.05, 0.1) is 0 Å². The molecule has 1 aliphatic carbocycles. The van der Waals surface area contributed by atoms with Crippen LogP contribution in [0.2, 0.25) is 0 Å². The number of alkyl carbamates (subject to hydrolysis) is 1. The maximum absolute atomic E-state index is 13.1. The molecular weight excluding hydrogens is 516 g/mol. The highest BCUT2D eigenvalue weighted by Crippen LogP contribution is 2.44. The molecule has 0 spiro atoms. The van der Waals surface area contributed by atoms with Gasteiger partial charge in [0, 0.05) is 12.3 Å². The van der Waals surface area contributed by atoms with E-state index in [4.69, 9.17) is 10.5 Å². The number of amides is 4. The Labute approximate surface area is 232 Å². The van der Waals surface area contributed by atoms with E-state index >= 15 is 0 Å². The van der Waals surface area contributed by atoms with E-state index in [2.05, 4.69) is 16.0 Å². The number of primary amides is 1. The molecular formula is C29H36N4O7. The summed E-state index contributed by atoms with van der Waals surface area (Å²) in [6.45, 7) is 5.11. The third kappa shape index (κ3) is 7.37. The van der Waals surface area contributed by atoms with E-state index in [1.165, 1.54) is 6.92 Å². The highest BCUT2D eigenvalue weighted by Gasteiger charge is 2.32. The zero-order valence-corrected chi connectivity index (χ0v) is 22.8. The van der Waals surface area contributed by atoms with Gasteiger partial charge in [-0.2, -0.15) is 0 Å². The van der Waals surface area contributed by atoms with E-state index < -0.39 is 47.9 Å². The second-order valence-electron chi connectivity index (χ2n) is 9.97. The minimum atomic E-state index is -1.34. The summed E-state index contributed by atoms with van der Waals surface area (Å²) in [5.41, 5.74) is 9.37. The van der Waals surface area contributed by atoms with E-state index in [0.29, 0.717) is 6.42 Å². The number of hydrogen-bond acceptors (Lipinski definition) is 6. The lowest BCUT2D eigenvalue weighted by atomic mass is 9.98. The number of ether oxygens (including phenoxy) is 1. The largest absolute Gasteiger partial charge is 0.480 e. The molecule has 0 fully saturated rings. The fourth-order valence-electron chi connectivity index (χ4n) is 4.68. The molecule has 11 nitrogen and oxygen atoms in total. The van der Waals surface area contributed by atoms with Gasteiger partial charge in [-0.1, -0.05) is 68.8 Å². The molecule has 4 atom stereocenters. The van der Waals surface area contributed by atoms with E-state index in [0.717, 1.165) is 22.3 Å². The Bertz CT molecular complexity index is 1220. The van der Waals surface area contributed by atoms with Crippen LogP contribution >= 0.6 is 0 Å². The molecule has 0 heterocycles. The molecule has 1 aliphatic rings. The van der Waals surface area contributed by atoms with Gasteiger partial charge in [0.15, 0.2) is 0 Å². The van der Waals surface area contributed by atoms with Crippen molar-refractivity contribution in [3.05, 3.63) is 59.7 Å². The SMILES string of the molecule is CC[C@H](C)[C@H](NC(=O)OCC1c2ccccc2-c2ccccc21)C(=O)N[C@@H](C)C(=O)N[C@@H](CCC(N)=O)C(=O)O. The fourth-order valence-corrected chi connectivity index (χ4v) is 4.68. The molecule has 0 aliphatic heterocycles. The van der Waals surface area contributed by atoms with Crippen molar-refractivity contribution >= 4 is 29.8 Å². The average molecular weight is 553 g/mol. The zero-order chi connectivity index (χ0) is 29.4. The first-order valence-electron chi connectivity index (χ1n) is 13.3. The number of carboxylic acids is 1. The summed E-state index contributed by atoms with van der Waals surface area (Å²) in [7, 11) is 0. The smallest absolute Gasteiger partial charge is 0.407 e. The molecule has 11 heteroatoms. The molecule has 0 saturated carbocycles. The van der Waals surface area contributed by atoms with Gasteiger partial charge in [-0.05, 0) is 41.5 Å². The number of aliphatic carboxylic acids is 1. The lowest BCUT2D eigenvalue weighted by Crippen LogP contribution is -2.56. The van der Waals surface area contributed by atoms with Gasteiger partial charge in [0.25, 0.3) is 0 Å². The van der Waals surface area contributed by atoms with Crippen molar-refractivity contribution in [1.82, 2.24) is 16.0 Å². The van der Waals surface area contributed by atoms with Crippen molar-refractivity contribution < 1.29 is 33.8 Å². The van der Waals surface area contributed by atoms with Crippen molar-refractivity contribution in [2.24, 2.45) is 11.7 Å². The molecule has 214 valence electrons.